The lowest BCUT2D eigenvalue weighted by Gasteiger charge is -2.20. The third-order valence-corrected chi connectivity index (χ3v) is 6.17. The molecule has 0 atom stereocenters. The number of rotatable bonds is 8. The number of aryl methyl sites for hydroxylation is 1. The maximum atomic E-state index is 13.5. The molecule has 9 heteroatoms. The summed E-state index contributed by atoms with van der Waals surface area (Å²) in [7, 11) is 3.11. The number of imidazole rings is 1. The molecule has 0 aliphatic carbocycles. The molecule has 2 aromatic carbocycles. The van der Waals surface area contributed by atoms with Gasteiger partial charge in [-0.25, -0.2) is 9.97 Å². The molecule has 0 saturated carbocycles. The number of carbonyl (C=O) groups is 1. The number of anilines is 1. The monoisotopic (exact) mass is 456 g/mol. The van der Waals surface area contributed by atoms with Crippen LogP contribution in [0.2, 0.25) is 5.02 Å². The summed E-state index contributed by atoms with van der Waals surface area (Å²) in [6.07, 6.45) is 6.14. The van der Waals surface area contributed by atoms with Gasteiger partial charge in [0.1, 0.15) is 5.52 Å². The molecule has 0 aliphatic rings. The number of amides is 1. The first-order valence-corrected chi connectivity index (χ1v) is 10.8. The molecule has 2 aromatic heterocycles. The second kappa shape index (κ2) is 9.36. The Balaban J connectivity index is 1.66. The smallest absolute Gasteiger partial charge is 0.260 e. The Bertz CT molecular complexity index is 1190. The normalized spacial score (nSPS) is 10.9. The van der Waals surface area contributed by atoms with Crippen LogP contribution in [-0.4, -0.2) is 41.2 Å². The maximum Gasteiger partial charge on any atom is 0.260 e. The van der Waals surface area contributed by atoms with Gasteiger partial charge in [0.2, 0.25) is 0 Å². The van der Waals surface area contributed by atoms with E-state index >= 15 is 0 Å². The predicted molar refractivity (Wildman–Crippen MR) is 123 cm³/mol. The van der Waals surface area contributed by atoms with E-state index in [4.69, 9.17) is 21.1 Å². The van der Waals surface area contributed by atoms with Crippen molar-refractivity contribution in [3.63, 3.8) is 0 Å². The molecule has 1 amide bonds. The highest BCUT2D eigenvalue weighted by atomic mass is 35.5. The lowest BCUT2D eigenvalue weighted by Crippen LogP contribution is -2.32. The number of hydrogen-bond acceptors (Lipinski definition) is 6. The van der Waals surface area contributed by atoms with E-state index in [1.54, 1.807) is 55.9 Å². The van der Waals surface area contributed by atoms with Crippen LogP contribution in [0.25, 0.3) is 10.2 Å². The Labute approximate surface area is 188 Å². The minimum atomic E-state index is -0.165. The number of ether oxygens (including phenoxy) is 2. The molecule has 0 N–H and O–H groups in total. The summed E-state index contributed by atoms with van der Waals surface area (Å²) in [6.45, 7) is 1.23. The van der Waals surface area contributed by atoms with Gasteiger partial charge in [-0.2, -0.15) is 0 Å². The van der Waals surface area contributed by atoms with Gasteiger partial charge in [0.05, 0.1) is 30.3 Å². The molecule has 0 bridgehead atoms. The van der Waals surface area contributed by atoms with Crippen LogP contribution >= 0.6 is 22.9 Å². The van der Waals surface area contributed by atoms with Crippen LogP contribution in [0.15, 0.2) is 55.1 Å². The van der Waals surface area contributed by atoms with Gasteiger partial charge in [0, 0.05) is 31.0 Å². The fourth-order valence-electron chi connectivity index (χ4n) is 3.26. The standard InChI is InChI=1S/C22H21ClN4O3S/c1-29-17-8-7-15(13-18(17)30-2)21(28)27(11-4-10-26-12-9-24-14-26)22-25-20-16(23)5-3-6-19(20)31-22/h3,5-9,12-14H,4,10-11H2,1-2H3. The summed E-state index contributed by atoms with van der Waals surface area (Å²) in [5.74, 6) is 0.901. The predicted octanol–water partition coefficient (Wildman–Crippen LogP) is 4.90. The quantitative estimate of drug-likeness (QED) is 0.377. The molecule has 0 fully saturated rings. The largest absolute Gasteiger partial charge is 0.493 e. The van der Waals surface area contributed by atoms with Crippen molar-refractivity contribution in [3.8, 4) is 11.5 Å². The van der Waals surface area contributed by atoms with Crippen LogP contribution in [-0.2, 0) is 6.54 Å². The van der Waals surface area contributed by atoms with E-state index < -0.39 is 0 Å². The summed E-state index contributed by atoms with van der Waals surface area (Å²) >= 11 is 7.76. The Kier molecular flexibility index (Phi) is 6.39. The number of benzene rings is 2. The van der Waals surface area contributed by atoms with E-state index in [-0.39, 0.29) is 5.91 Å². The molecule has 0 radical (unpaired) electrons. The zero-order valence-corrected chi connectivity index (χ0v) is 18.7. The number of methoxy groups -OCH3 is 2. The highest BCUT2D eigenvalue weighted by Crippen LogP contribution is 2.34. The fraction of sp³-hybridized carbons (Fsp3) is 0.227. The zero-order valence-electron chi connectivity index (χ0n) is 17.1. The van der Waals surface area contributed by atoms with E-state index in [1.807, 2.05) is 22.9 Å². The molecular weight excluding hydrogens is 436 g/mol. The van der Waals surface area contributed by atoms with Crippen molar-refractivity contribution in [1.29, 1.82) is 0 Å². The van der Waals surface area contributed by atoms with Crippen LogP contribution in [0.5, 0.6) is 11.5 Å². The van der Waals surface area contributed by atoms with Gasteiger partial charge in [0.25, 0.3) is 5.91 Å². The summed E-state index contributed by atoms with van der Waals surface area (Å²) in [6, 6.07) is 10.8. The topological polar surface area (TPSA) is 69.5 Å². The number of halogens is 1. The van der Waals surface area contributed by atoms with Gasteiger partial charge >= 0.3 is 0 Å². The minimum absolute atomic E-state index is 0.165. The van der Waals surface area contributed by atoms with E-state index in [0.29, 0.717) is 39.3 Å². The third kappa shape index (κ3) is 4.50. The Morgan fingerprint density at radius 2 is 2.03 bits per heavy atom. The molecule has 31 heavy (non-hydrogen) atoms. The van der Waals surface area contributed by atoms with Crippen molar-refractivity contribution in [2.45, 2.75) is 13.0 Å². The SMILES string of the molecule is COc1ccc(C(=O)N(CCCn2ccnc2)c2nc3c(Cl)cccc3s2)cc1OC. The fourth-order valence-corrected chi connectivity index (χ4v) is 4.55. The van der Waals surface area contributed by atoms with Gasteiger partial charge in [-0.05, 0) is 36.8 Å². The van der Waals surface area contributed by atoms with Crippen molar-refractivity contribution in [1.82, 2.24) is 14.5 Å². The first-order chi connectivity index (χ1) is 15.1. The number of hydrogen-bond donors (Lipinski definition) is 0. The lowest BCUT2D eigenvalue weighted by molar-refractivity contribution is 0.0986. The number of para-hydroxylation sites is 1. The molecular formula is C22H21ClN4O3S. The minimum Gasteiger partial charge on any atom is -0.493 e. The van der Waals surface area contributed by atoms with E-state index in [1.165, 1.54) is 11.3 Å². The number of aromatic nitrogens is 3. The number of carbonyl (C=O) groups excluding carboxylic acids is 1. The molecule has 4 rings (SSSR count). The van der Waals surface area contributed by atoms with E-state index in [9.17, 15) is 4.79 Å². The van der Waals surface area contributed by atoms with E-state index in [2.05, 4.69) is 9.97 Å². The highest BCUT2D eigenvalue weighted by Gasteiger charge is 2.23. The number of fused-ring (bicyclic) bond motifs is 1. The van der Waals surface area contributed by atoms with E-state index in [0.717, 1.165) is 17.7 Å². The van der Waals surface area contributed by atoms with Crippen molar-refractivity contribution < 1.29 is 14.3 Å². The van der Waals surface area contributed by atoms with Crippen LogP contribution in [0.1, 0.15) is 16.8 Å². The molecule has 0 unspecified atom stereocenters. The number of thiazole rings is 1. The van der Waals surface area contributed by atoms with Crippen molar-refractivity contribution in [2.24, 2.45) is 0 Å². The average molecular weight is 457 g/mol. The van der Waals surface area contributed by atoms with Crippen molar-refractivity contribution >= 4 is 44.2 Å². The maximum absolute atomic E-state index is 13.5. The number of nitrogens with zero attached hydrogens (tertiary/aromatic N) is 4. The summed E-state index contributed by atoms with van der Waals surface area (Å²) < 4.78 is 13.6. The summed E-state index contributed by atoms with van der Waals surface area (Å²) in [5, 5.41) is 1.17. The first kappa shape index (κ1) is 21.1. The molecule has 0 aliphatic heterocycles. The Morgan fingerprint density at radius 1 is 1.19 bits per heavy atom. The first-order valence-electron chi connectivity index (χ1n) is 9.65. The van der Waals surface area contributed by atoms with Crippen molar-refractivity contribution in [2.75, 3.05) is 25.7 Å². The summed E-state index contributed by atoms with van der Waals surface area (Å²) in [4.78, 5) is 23.9. The zero-order chi connectivity index (χ0) is 21.8. The molecule has 160 valence electrons. The molecule has 0 saturated heterocycles. The third-order valence-electron chi connectivity index (χ3n) is 4.82. The van der Waals surface area contributed by atoms with Gasteiger partial charge in [-0.15, -0.1) is 0 Å². The lowest BCUT2D eigenvalue weighted by atomic mass is 10.1. The van der Waals surface area contributed by atoms with Gasteiger partial charge < -0.3 is 14.0 Å². The second-order valence-corrected chi connectivity index (χ2v) is 8.18. The Morgan fingerprint density at radius 3 is 2.74 bits per heavy atom. The van der Waals surface area contributed by atoms with Crippen LogP contribution in [0, 0.1) is 0 Å². The Hall–Kier alpha value is -3.10. The van der Waals surface area contributed by atoms with Crippen molar-refractivity contribution in [3.05, 3.63) is 65.7 Å². The van der Waals surface area contributed by atoms with Gasteiger partial charge in [-0.3, -0.25) is 9.69 Å². The summed E-state index contributed by atoms with van der Waals surface area (Å²) in [5.41, 5.74) is 1.19. The van der Waals surface area contributed by atoms with Crippen LogP contribution < -0.4 is 14.4 Å². The average Bonchev–Trinajstić information content (AvgIpc) is 3.46. The molecule has 7 nitrogen and oxygen atoms in total. The molecule has 0 spiro atoms. The van der Waals surface area contributed by atoms with Crippen LogP contribution in [0.4, 0.5) is 5.13 Å². The molecule has 4 aromatic rings. The molecule has 2 heterocycles. The highest BCUT2D eigenvalue weighted by molar-refractivity contribution is 7.22. The van der Waals surface area contributed by atoms with Crippen LogP contribution in [0.3, 0.4) is 0 Å². The second-order valence-electron chi connectivity index (χ2n) is 6.76. The van der Waals surface area contributed by atoms with Gasteiger partial charge in [0.15, 0.2) is 16.6 Å². The van der Waals surface area contributed by atoms with Gasteiger partial charge in [-0.1, -0.05) is 29.0 Å².